The van der Waals surface area contributed by atoms with Crippen LogP contribution < -0.4 is 4.74 Å². The summed E-state index contributed by atoms with van der Waals surface area (Å²) in [6, 6.07) is 7.45. The summed E-state index contributed by atoms with van der Waals surface area (Å²) >= 11 is 2.18. The van der Waals surface area contributed by atoms with Gasteiger partial charge < -0.3 is 9.84 Å². The van der Waals surface area contributed by atoms with E-state index in [1.54, 1.807) is 6.07 Å². The Hall–Kier alpha value is -0.780. The van der Waals surface area contributed by atoms with Gasteiger partial charge in [-0.2, -0.15) is 0 Å². The van der Waals surface area contributed by atoms with Gasteiger partial charge in [0.1, 0.15) is 5.75 Å². The maximum atomic E-state index is 10.9. The van der Waals surface area contributed by atoms with Crippen molar-refractivity contribution in [3.63, 3.8) is 0 Å². The van der Waals surface area contributed by atoms with Crippen molar-refractivity contribution in [1.29, 1.82) is 0 Å². The molecule has 1 aliphatic carbocycles. The summed E-state index contributed by atoms with van der Waals surface area (Å²) < 4.78 is 6.52. The molecule has 0 aromatic heterocycles. The lowest BCUT2D eigenvalue weighted by Gasteiger charge is -2.14. The second kappa shape index (κ2) is 4.38. The molecule has 1 saturated carbocycles. The molecule has 0 saturated heterocycles. The smallest absolute Gasteiger partial charge is 0.345 e. The first kappa shape index (κ1) is 10.7. The lowest BCUT2D eigenvalue weighted by molar-refractivity contribution is -0.146. The monoisotopic (exact) mass is 318 g/mol. The van der Waals surface area contributed by atoms with Crippen LogP contribution in [0, 0.1) is 9.49 Å². The molecule has 1 aromatic carbocycles. The fourth-order valence-corrected chi connectivity index (χ4v) is 1.95. The second-order valence-corrected chi connectivity index (χ2v) is 4.92. The lowest BCUT2D eigenvalue weighted by atomic mass is 10.2. The topological polar surface area (TPSA) is 46.5 Å². The summed E-state index contributed by atoms with van der Waals surface area (Å²) in [6.45, 7) is 0. The predicted molar refractivity (Wildman–Crippen MR) is 63.9 cm³/mol. The van der Waals surface area contributed by atoms with Gasteiger partial charge in [0.2, 0.25) is 0 Å². The quantitative estimate of drug-likeness (QED) is 0.868. The van der Waals surface area contributed by atoms with Crippen molar-refractivity contribution in [3.8, 4) is 5.75 Å². The van der Waals surface area contributed by atoms with E-state index >= 15 is 0 Å². The summed E-state index contributed by atoms with van der Waals surface area (Å²) in [5.74, 6) is -0.0297. The number of carboxylic acids is 1. The van der Waals surface area contributed by atoms with Gasteiger partial charge >= 0.3 is 5.97 Å². The zero-order chi connectivity index (χ0) is 10.8. The Morgan fingerprint density at radius 3 is 2.80 bits per heavy atom. The van der Waals surface area contributed by atoms with E-state index in [4.69, 9.17) is 9.84 Å². The Labute approximate surface area is 102 Å². The van der Waals surface area contributed by atoms with Crippen LogP contribution in [0.5, 0.6) is 5.75 Å². The molecule has 1 aliphatic rings. The van der Waals surface area contributed by atoms with E-state index < -0.39 is 12.1 Å². The van der Waals surface area contributed by atoms with Crippen LogP contribution >= 0.6 is 22.6 Å². The van der Waals surface area contributed by atoms with Gasteiger partial charge in [-0.3, -0.25) is 0 Å². The number of ether oxygens (including phenoxy) is 1. The third-order valence-corrected chi connectivity index (χ3v) is 3.02. The van der Waals surface area contributed by atoms with E-state index in [-0.39, 0.29) is 5.92 Å². The average molecular weight is 318 g/mol. The molecule has 15 heavy (non-hydrogen) atoms. The summed E-state index contributed by atoms with van der Waals surface area (Å²) in [4.78, 5) is 10.9. The van der Waals surface area contributed by atoms with Crippen LogP contribution in [0.3, 0.4) is 0 Å². The second-order valence-electron chi connectivity index (χ2n) is 3.67. The zero-order valence-corrected chi connectivity index (χ0v) is 10.2. The summed E-state index contributed by atoms with van der Waals surface area (Å²) in [5, 5.41) is 8.99. The van der Waals surface area contributed by atoms with E-state index in [0.29, 0.717) is 5.75 Å². The highest BCUT2D eigenvalue weighted by atomic mass is 127. The third kappa shape index (κ3) is 2.84. The molecular weight excluding hydrogens is 307 g/mol. The molecule has 1 fully saturated rings. The molecule has 0 spiro atoms. The van der Waals surface area contributed by atoms with Crippen LogP contribution in [-0.4, -0.2) is 17.2 Å². The maximum absolute atomic E-state index is 10.9. The number of carboxylic acid groups (broad SMARTS) is 1. The highest BCUT2D eigenvalue weighted by molar-refractivity contribution is 14.1. The molecule has 1 N–H and O–H groups in total. The number of benzene rings is 1. The zero-order valence-electron chi connectivity index (χ0n) is 8.02. The van der Waals surface area contributed by atoms with Crippen LogP contribution in [0.15, 0.2) is 24.3 Å². The standard InChI is InChI=1S/C11H11IO3/c12-8-2-1-3-9(6-8)15-10(11(13)14)7-4-5-7/h1-3,6-7,10H,4-5H2,(H,13,14). The number of carbonyl (C=O) groups is 1. The third-order valence-electron chi connectivity index (χ3n) is 2.35. The summed E-state index contributed by atoms with van der Waals surface area (Å²) in [5.41, 5.74) is 0. The fraction of sp³-hybridized carbons (Fsp3) is 0.364. The van der Waals surface area contributed by atoms with Crippen molar-refractivity contribution in [2.75, 3.05) is 0 Å². The summed E-state index contributed by atoms with van der Waals surface area (Å²) in [7, 11) is 0. The van der Waals surface area contributed by atoms with Crippen molar-refractivity contribution in [1.82, 2.24) is 0 Å². The molecule has 0 heterocycles. The predicted octanol–water partition coefficient (Wildman–Crippen LogP) is 2.53. The van der Waals surface area contributed by atoms with Gasteiger partial charge in [-0.15, -0.1) is 0 Å². The maximum Gasteiger partial charge on any atom is 0.345 e. The van der Waals surface area contributed by atoms with Crippen molar-refractivity contribution < 1.29 is 14.6 Å². The number of rotatable bonds is 4. The first-order valence-electron chi connectivity index (χ1n) is 4.82. The van der Waals surface area contributed by atoms with Crippen molar-refractivity contribution in [3.05, 3.63) is 27.8 Å². The normalized spacial score (nSPS) is 17.1. The molecule has 3 nitrogen and oxygen atoms in total. The van der Waals surface area contributed by atoms with E-state index in [9.17, 15) is 4.79 Å². The largest absolute Gasteiger partial charge is 0.478 e. The van der Waals surface area contributed by atoms with Gasteiger partial charge in [0.15, 0.2) is 6.10 Å². The van der Waals surface area contributed by atoms with Crippen molar-refractivity contribution in [2.45, 2.75) is 18.9 Å². The molecule has 0 aliphatic heterocycles. The van der Waals surface area contributed by atoms with Crippen LogP contribution in [-0.2, 0) is 4.79 Å². The Kier molecular flexibility index (Phi) is 3.14. The molecule has 80 valence electrons. The molecule has 4 heteroatoms. The van der Waals surface area contributed by atoms with Gasteiger partial charge in [-0.25, -0.2) is 4.79 Å². The first-order valence-corrected chi connectivity index (χ1v) is 5.90. The first-order chi connectivity index (χ1) is 7.16. The minimum atomic E-state index is -0.864. The van der Waals surface area contributed by atoms with E-state index in [2.05, 4.69) is 22.6 Å². The molecule has 1 aromatic rings. The Morgan fingerprint density at radius 1 is 1.53 bits per heavy atom. The van der Waals surface area contributed by atoms with E-state index in [0.717, 1.165) is 16.4 Å². The number of halogens is 1. The minimum absolute atomic E-state index is 0.195. The Bertz CT molecular complexity index is 374. The van der Waals surface area contributed by atoms with Crippen LogP contribution in [0.2, 0.25) is 0 Å². The van der Waals surface area contributed by atoms with Crippen LogP contribution in [0.4, 0.5) is 0 Å². The number of aliphatic carboxylic acids is 1. The van der Waals surface area contributed by atoms with Gasteiger partial charge in [-0.1, -0.05) is 6.07 Å². The molecule has 0 bridgehead atoms. The number of hydrogen-bond acceptors (Lipinski definition) is 2. The van der Waals surface area contributed by atoms with E-state index in [1.807, 2.05) is 18.2 Å². The molecule has 1 unspecified atom stereocenters. The number of hydrogen-bond donors (Lipinski definition) is 1. The molecule has 2 rings (SSSR count). The molecular formula is C11H11IO3. The molecule has 1 atom stereocenters. The van der Waals surface area contributed by atoms with Gasteiger partial charge in [0, 0.05) is 9.49 Å². The van der Waals surface area contributed by atoms with Crippen LogP contribution in [0.1, 0.15) is 12.8 Å². The Morgan fingerprint density at radius 2 is 2.27 bits per heavy atom. The fourth-order valence-electron chi connectivity index (χ4n) is 1.43. The highest BCUT2D eigenvalue weighted by Gasteiger charge is 2.38. The lowest BCUT2D eigenvalue weighted by Crippen LogP contribution is -2.29. The summed E-state index contributed by atoms with van der Waals surface area (Å²) in [6.07, 6.45) is 1.24. The SMILES string of the molecule is O=C(O)C(Oc1cccc(I)c1)C1CC1. The molecule has 0 radical (unpaired) electrons. The van der Waals surface area contributed by atoms with Gasteiger partial charge in [-0.05, 0) is 53.6 Å². The van der Waals surface area contributed by atoms with E-state index in [1.165, 1.54) is 0 Å². The van der Waals surface area contributed by atoms with Crippen molar-refractivity contribution >= 4 is 28.6 Å². The van der Waals surface area contributed by atoms with Gasteiger partial charge in [0.05, 0.1) is 0 Å². The van der Waals surface area contributed by atoms with Crippen molar-refractivity contribution in [2.24, 2.45) is 5.92 Å². The average Bonchev–Trinajstić information content (AvgIpc) is 2.97. The highest BCUT2D eigenvalue weighted by Crippen LogP contribution is 2.35. The molecule has 0 amide bonds. The Balaban J connectivity index is 2.08. The van der Waals surface area contributed by atoms with Gasteiger partial charge in [0.25, 0.3) is 0 Å². The van der Waals surface area contributed by atoms with Crippen LogP contribution in [0.25, 0.3) is 0 Å². The minimum Gasteiger partial charge on any atom is -0.478 e.